The van der Waals surface area contributed by atoms with Gasteiger partial charge in [-0.3, -0.25) is 14.4 Å². The van der Waals surface area contributed by atoms with Gasteiger partial charge in [0, 0.05) is 62.8 Å². The molecule has 2 aromatic rings. The molecule has 4 atom stereocenters. The van der Waals surface area contributed by atoms with Gasteiger partial charge in [0.05, 0.1) is 22.5 Å². The summed E-state index contributed by atoms with van der Waals surface area (Å²) in [6, 6.07) is 8.80. The fourth-order valence-electron chi connectivity index (χ4n) is 7.47. The van der Waals surface area contributed by atoms with Gasteiger partial charge >= 0.3 is 0 Å². The Kier molecular flexibility index (Phi) is 8.76. The quantitative estimate of drug-likeness (QED) is 0.320. The fourth-order valence-corrected chi connectivity index (χ4v) is 7.47. The number of fused-ring (bicyclic) bond motifs is 2. The van der Waals surface area contributed by atoms with Crippen LogP contribution in [0.25, 0.3) is 11.1 Å². The fraction of sp³-hybridized carbons (Fsp3) is 0.550. The largest absolute Gasteiger partial charge is 0.506 e. The van der Waals surface area contributed by atoms with Crippen molar-refractivity contribution in [2.45, 2.75) is 133 Å². The molecule has 2 aliphatic heterocycles. The van der Waals surface area contributed by atoms with Gasteiger partial charge in [-0.05, 0) is 65.3 Å². The van der Waals surface area contributed by atoms with Crippen molar-refractivity contribution in [3.63, 3.8) is 0 Å². The Morgan fingerprint density at radius 2 is 1.35 bits per heavy atom. The minimum absolute atomic E-state index is 0.128. The number of allylic oxidation sites excluding steroid dienone is 2. The monoisotopic (exact) mass is 655 g/mol. The topological polar surface area (TPSA) is 102 Å². The highest BCUT2D eigenvalue weighted by molar-refractivity contribution is 6.52. The van der Waals surface area contributed by atoms with E-state index < -0.39 is 10.8 Å². The summed E-state index contributed by atoms with van der Waals surface area (Å²) in [6.45, 7) is 28.4. The molecule has 48 heavy (non-hydrogen) atoms. The van der Waals surface area contributed by atoms with E-state index >= 15 is 0 Å². The number of anilines is 3. The molecule has 0 spiro atoms. The van der Waals surface area contributed by atoms with Gasteiger partial charge < -0.3 is 20.6 Å². The maximum absolute atomic E-state index is 14.4. The molecular formula is C40H55N4O4+. The summed E-state index contributed by atoms with van der Waals surface area (Å²) in [7, 11) is 0. The van der Waals surface area contributed by atoms with Crippen LogP contribution in [0.4, 0.5) is 17.1 Å². The van der Waals surface area contributed by atoms with Crippen LogP contribution in [-0.4, -0.2) is 46.9 Å². The van der Waals surface area contributed by atoms with Crippen LogP contribution in [0.5, 0.6) is 0 Å². The molecule has 0 aromatic heterocycles. The third-order valence-corrected chi connectivity index (χ3v) is 10.6. The minimum atomic E-state index is -0.672. The van der Waals surface area contributed by atoms with E-state index in [0.717, 1.165) is 22.2 Å². The molecule has 4 unspecified atom stereocenters. The molecule has 8 nitrogen and oxygen atoms in total. The molecule has 0 saturated carbocycles. The van der Waals surface area contributed by atoms with E-state index in [-0.39, 0.29) is 70.5 Å². The predicted molar refractivity (Wildman–Crippen MR) is 196 cm³/mol. The number of amides is 2. The Morgan fingerprint density at radius 3 is 1.85 bits per heavy atom. The van der Waals surface area contributed by atoms with Crippen LogP contribution in [0, 0.1) is 10.8 Å². The van der Waals surface area contributed by atoms with Crippen LogP contribution in [0.1, 0.15) is 125 Å². The lowest BCUT2D eigenvalue weighted by molar-refractivity contribution is -0.123. The number of rotatable bonds is 5. The first-order chi connectivity index (χ1) is 22.1. The van der Waals surface area contributed by atoms with E-state index in [4.69, 9.17) is 0 Å². The number of benzene rings is 2. The number of ketones is 1. The number of hydrogen-bond acceptors (Lipinski definition) is 5. The van der Waals surface area contributed by atoms with Crippen LogP contribution in [0.2, 0.25) is 0 Å². The smallest absolute Gasteiger partial charge is 0.229 e. The molecule has 8 heteroatoms. The van der Waals surface area contributed by atoms with Crippen molar-refractivity contribution < 1.29 is 19.5 Å². The highest BCUT2D eigenvalue weighted by Crippen LogP contribution is 2.48. The van der Waals surface area contributed by atoms with Gasteiger partial charge in [0.1, 0.15) is 11.8 Å². The molecule has 0 bridgehead atoms. The summed E-state index contributed by atoms with van der Waals surface area (Å²) in [4.78, 5) is 43.4. The average molecular weight is 656 g/mol. The molecule has 2 amide bonds. The lowest BCUT2D eigenvalue weighted by Crippen LogP contribution is -2.39. The number of aliphatic hydroxyl groups is 1. The Hall–Kier alpha value is -3.94. The summed E-state index contributed by atoms with van der Waals surface area (Å²) >= 11 is 0. The molecule has 0 saturated heterocycles. The molecule has 3 aliphatic rings. The summed E-state index contributed by atoms with van der Waals surface area (Å²) in [5, 5.41) is 19.6. The van der Waals surface area contributed by atoms with E-state index in [9.17, 15) is 19.5 Å². The summed E-state index contributed by atoms with van der Waals surface area (Å²) < 4.78 is 2.35. The first-order valence-corrected chi connectivity index (χ1v) is 17.5. The van der Waals surface area contributed by atoms with Gasteiger partial charge in [-0.2, -0.15) is 0 Å². The van der Waals surface area contributed by atoms with Crippen molar-refractivity contribution in [3.05, 3.63) is 57.3 Å². The predicted octanol–water partition coefficient (Wildman–Crippen LogP) is 6.48. The van der Waals surface area contributed by atoms with Crippen molar-refractivity contribution in [3.8, 4) is 0 Å². The Labute approximate surface area is 286 Å². The normalized spacial score (nSPS) is 23.5. The lowest BCUT2D eigenvalue weighted by atomic mass is 9.79. The van der Waals surface area contributed by atoms with Gasteiger partial charge in [-0.25, -0.2) is 4.58 Å². The molecular weight excluding hydrogens is 600 g/mol. The van der Waals surface area contributed by atoms with Gasteiger partial charge in [0.15, 0.2) is 6.04 Å². The standard InChI is InChI=1S/C40H54N4O4/c1-19(2)43-23(7)21(5)25-15-27(29(17-31(25)43)41-37(47)39(9,10)11)33-35(45)34(36(33)46)28-16-26-22(6)24(8)44(20(3)4)32(26)18-30(28)42-38(48)40(12,13)14/h15-24H,1-14H3,(H2,41,42,45,46,47,48)/p+1. The molecule has 0 radical (unpaired) electrons. The van der Waals surface area contributed by atoms with E-state index in [1.54, 1.807) is 0 Å². The SMILES string of the molecule is CC1c2cc(C3=C(O)/C(=c4\cc5c(cc4NC(=O)C(C)(C)C)=[N+](C(C)C)C(C)C5C)C3=O)c(NC(=O)C(C)(C)C)cc2N(C(C)C)C1C. The lowest BCUT2D eigenvalue weighted by Gasteiger charge is -2.31. The molecule has 258 valence electrons. The Balaban J connectivity index is 1.79. The van der Waals surface area contributed by atoms with Crippen LogP contribution < -0.4 is 30.7 Å². The maximum Gasteiger partial charge on any atom is 0.229 e. The molecule has 3 N–H and O–H groups in total. The second-order valence-corrected chi connectivity index (χ2v) is 16.8. The molecule has 2 aromatic carbocycles. The first-order valence-electron chi connectivity index (χ1n) is 17.5. The summed E-state index contributed by atoms with van der Waals surface area (Å²) in [5.41, 5.74) is 3.71. The number of carbonyl (C=O) groups excluding carboxylic acids is 3. The maximum atomic E-state index is 14.4. The van der Waals surface area contributed by atoms with E-state index in [1.165, 1.54) is 0 Å². The zero-order chi connectivity index (χ0) is 35.9. The van der Waals surface area contributed by atoms with Crippen LogP contribution in [0.3, 0.4) is 0 Å². The zero-order valence-corrected chi connectivity index (χ0v) is 31.3. The Bertz CT molecular complexity index is 1890. The van der Waals surface area contributed by atoms with Gasteiger partial charge in [-0.1, -0.05) is 55.4 Å². The van der Waals surface area contributed by atoms with Gasteiger partial charge in [0.25, 0.3) is 0 Å². The third kappa shape index (κ3) is 5.65. The number of aliphatic hydroxyl groups excluding tert-OH is 1. The van der Waals surface area contributed by atoms with Crippen LogP contribution >= 0.6 is 0 Å². The number of hydrogen-bond donors (Lipinski definition) is 3. The number of Topliss-reactive ketones (excluding diaryl/α,β-unsaturated/α-hetero) is 1. The van der Waals surface area contributed by atoms with E-state index in [1.807, 2.05) is 65.8 Å². The van der Waals surface area contributed by atoms with Crippen molar-refractivity contribution in [1.29, 1.82) is 0 Å². The molecule has 5 rings (SSSR count). The molecule has 1 aliphatic carbocycles. The second-order valence-electron chi connectivity index (χ2n) is 16.8. The van der Waals surface area contributed by atoms with E-state index in [0.29, 0.717) is 22.2 Å². The van der Waals surface area contributed by atoms with Crippen LogP contribution in [-0.2, 0) is 14.4 Å². The van der Waals surface area contributed by atoms with Gasteiger partial charge in [-0.15, -0.1) is 0 Å². The van der Waals surface area contributed by atoms with Crippen molar-refractivity contribution >= 4 is 45.8 Å². The number of nitrogens with one attached hydrogen (secondary N) is 2. The first kappa shape index (κ1) is 35.4. The zero-order valence-electron chi connectivity index (χ0n) is 31.3. The highest BCUT2D eigenvalue weighted by atomic mass is 16.3. The van der Waals surface area contributed by atoms with Crippen LogP contribution in [0.15, 0.2) is 30.0 Å². The molecule has 0 fully saturated rings. The third-order valence-electron chi connectivity index (χ3n) is 10.6. The second kappa shape index (κ2) is 11.9. The summed E-state index contributed by atoms with van der Waals surface area (Å²) in [5.74, 6) is -0.450. The van der Waals surface area contributed by atoms with Crippen molar-refractivity contribution in [2.24, 2.45) is 10.8 Å². The minimum Gasteiger partial charge on any atom is -0.506 e. The van der Waals surface area contributed by atoms with Crippen molar-refractivity contribution in [2.75, 3.05) is 15.5 Å². The summed E-state index contributed by atoms with van der Waals surface area (Å²) in [6.07, 6.45) is 0. The van der Waals surface area contributed by atoms with Gasteiger partial charge in [0.2, 0.25) is 23.0 Å². The number of nitrogens with zero attached hydrogens (tertiary/aromatic N) is 2. The highest BCUT2D eigenvalue weighted by Gasteiger charge is 2.42. The average Bonchev–Trinajstić information content (AvgIpc) is 3.35. The number of carbonyl (C=O) groups is 3. The van der Waals surface area contributed by atoms with Crippen molar-refractivity contribution in [1.82, 2.24) is 4.58 Å². The molecule has 2 heterocycles. The van der Waals surface area contributed by atoms with E-state index in [2.05, 4.69) is 75.5 Å². The Morgan fingerprint density at radius 1 is 0.792 bits per heavy atom.